The summed E-state index contributed by atoms with van der Waals surface area (Å²) >= 11 is 3.27. The van der Waals surface area contributed by atoms with Gasteiger partial charge >= 0.3 is 6.18 Å². The van der Waals surface area contributed by atoms with Crippen molar-refractivity contribution in [1.29, 1.82) is 0 Å². The maximum atomic E-state index is 12.7. The molecule has 0 unspecified atom stereocenters. The predicted octanol–water partition coefficient (Wildman–Crippen LogP) is 4.38. The lowest BCUT2D eigenvalue weighted by Gasteiger charge is -2.14. The van der Waals surface area contributed by atoms with Gasteiger partial charge in [-0.2, -0.15) is 13.2 Å². The van der Waals surface area contributed by atoms with Crippen LogP contribution < -0.4 is 16.2 Å². The van der Waals surface area contributed by atoms with Crippen molar-refractivity contribution in [2.45, 2.75) is 19.0 Å². The van der Waals surface area contributed by atoms with Crippen molar-refractivity contribution < 1.29 is 22.8 Å². The fraction of sp³-hybridized carbons (Fsp3) is 0.222. The highest BCUT2D eigenvalue weighted by Crippen LogP contribution is 2.31. The molecular weight excluding hydrogens is 427 g/mol. The summed E-state index contributed by atoms with van der Waals surface area (Å²) in [6.45, 7) is 0. The second kappa shape index (κ2) is 7.59. The quantitative estimate of drug-likeness (QED) is 0.616. The summed E-state index contributed by atoms with van der Waals surface area (Å²) in [7, 11) is 0. The first-order chi connectivity index (χ1) is 12.7. The lowest BCUT2D eigenvalue weighted by Crippen LogP contribution is -2.42. The molecule has 0 aliphatic heterocycles. The van der Waals surface area contributed by atoms with Gasteiger partial charge in [0, 0.05) is 16.1 Å². The summed E-state index contributed by atoms with van der Waals surface area (Å²) < 4.78 is 38.6. The molecule has 1 saturated carbocycles. The van der Waals surface area contributed by atoms with Crippen molar-refractivity contribution in [3.63, 3.8) is 0 Å². The molecule has 9 heteroatoms. The third kappa shape index (κ3) is 5.00. The van der Waals surface area contributed by atoms with Gasteiger partial charge < -0.3 is 5.32 Å². The number of nitrogens with one attached hydrogen (secondary N) is 3. The van der Waals surface area contributed by atoms with E-state index in [1.807, 2.05) is 0 Å². The summed E-state index contributed by atoms with van der Waals surface area (Å²) in [5.74, 6) is -0.840. The molecule has 1 aliphatic carbocycles. The number of carbonyl (C=O) groups is 2. The van der Waals surface area contributed by atoms with Gasteiger partial charge in [0.25, 0.3) is 5.91 Å². The number of alkyl halides is 3. The van der Waals surface area contributed by atoms with Gasteiger partial charge in [-0.25, -0.2) is 0 Å². The molecule has 27 heavy (non-hydrogen) atoms. The second-order valence-corrected chi connectivity index (χ2v) is 7.02. The number of rotatable bonds is 4. The Balaban J connectivity index is 1.75. The molecule has 0 radical (unpaired) electrons. The standard InChI is InChI=1S/C18H15BrF3N3O2/c19-12-5-8-15(23-13-6-3-11(4-7-13)18(20,21)22)14(9-12)17(27)25-24-16(26)10-1-2-10/h3-10,23H,1-2H2,(H,24,26)(H,25,27). The Morgan fingerprint density at radius 2 is 1.67 bits per heavy atom. The molecule has 0 heterocycles. The lowest BCUT2D eigenvalue weighted by molar-refractivity contribution is -0.137. The van der Waals surface area contributed by atoms with Gasteiger partial charge in [-0.05, 0) is 55.3 Å². The van der Waals surface area contributed by atoms with E-state index in [0.717, 1.165) is 25.0 Å². The smallest absolute Gasteiger partial charge is 0.355 e. The molecule has 1 aliphatic rings. The molecule has 2 aromatic carbocycles. The van der Waals surface area contributed by atoms with Crippen LogP contribution in [0.25, 0.3) is 0 Å². The first-order valence-corrected chi connectivity index (χ1v) is 8.87. The van der Waals surface area contributed by atoms with E-state index in [1.165, 1.54) is 12.1 Å². The number of hydrogen-bond acceptors (Lipinski definition) is 3. The highest BCUT2D eigenvalue weighted by molar-refractivity contribution is 9.10. The molecule has 3 rings (SSSR count). The van der Waals surface area contributed by atoms with Crippen molar-refractivity contribution in [2.24, 2.45) is 5.92 Å². The van der Waals surface area contributed by atoms with Crippen molar-refractivity contribution >= 4 is 39.1 Å². The molecule has 3 N–H and O–H groups in total. The Hall–Kier alpha value is -2.55. The number of benzene rings is 2. The van der Waals surface area contributed by atoms with Crippen LogP contribution in [-0.2, 0) is 11.0 Å². The number of carbonyl (C=O) groups excluding carboxylic acids is 2. The van der Waals surface area contributed by atoms with Crippen molar-refractivity contribution in [1.82, 2.24) is 10.9 Å². The Morgan fingerprint density at radius 1 is 1.00 bits per heavy atom. The van der Waals surface area contributed by atoms with E-state index in [9.17, 15) is 22.8 Å². The van der Waals surface area contributed by atoms with Gasteiger partial charge in [-0.1, -0.05) is 15.9 Å². The second-order valence-electron chi connectivity index (χ2n) is 6.11. The van der Waals surface area contributed by atoms with Crippen LogP contribution in [0.4, 0.5) is 24.5 Å². The first kappa shape index (κ1) is 19.2. The van der Waals surface area contributed by atoms with Crippen LogP contribution in [0.5, 0.6) is 0 Å². The van der Waals surface area contributed by atoms with E-state index in [-0.39, 0.29) is 17.4 Å². The summed E-state index contributed by atoms with van der Waals surface area (Å²) in [5.41, 5.74) is 4.96. The molecule has 0 atom stereocenters. The van der Waals surface area contributed by atoms with E-state index in [0.29, 0.717) is 15.8 Å². The van der Waals surface area contributed by atoms with E-state index >= 15 is 0 Å². The molecule has 0 aromatic heterocycles. The maximum Gasteiger partial charge on any atom is 0.416 e. The first-order valence-electron chi connectivity index (χ1n) is 8.08. The Bertz CT molecular complexity index is 865. The Labute approximate surface area is 161 Å². The zero-order valence-corrected chi connectivity index (χ0v) is 15.4. The zero-order valence-electron chi connectivity index (χ0n) is 13.9. The minimum atomic E-state index is -4.42. The SMILES string of the molecule is O=C(NNC(=O)C1CC1)c1cc(Br)ccc1Nc1ccc(C(F)(F)F)cc1. The minimum absolute atomic E-state index is 0.0578. The van der Waals surface area contributed by atoms with Gasteiger partial charge in [0.05, 0.1) is 16.8 Å². The third-order valence-electron chi connectivity index (χ3n) is 3.96. The van der Waals surface area contributed by atoms with Crippen LogP contribution in [-0.4, -0.2) is 11.8 Å². The predicted molar refractivity (Wildman–Crippen MR) is 97.2 cm³/mol. The maximum absolute atomic E-state index is 12.7. The minimum Gasteiger partial charge on any atom is -0.355 e. The largest absolute Gasteiger partial charge is 0.416 e. The Kier molecular flexibility index (Phi) is 5.41. The van der Waals surface area contributed by atoms with Gasteiger partial charge in [0.2, 0.25) is 5.91 Å². The van der Waals surface area contributed by atoms with Gasteiger partial charge in [-0.15, -0.1) is 0 Å². The van der Waals surface area contributed by atoms with E-state index in [1.54, 1.807) is 18.2 Å². The average molecular weight is 442 g/mol. The van der Waals surface area contributed by atoms with Crippen molar-refractivity contribution in [3.05, 3.63) is 58.1 Å². The normalized spacial score (nSPS) is 13.8. The number of anilines is 2. The number of hydrogen-bond donors (Lipinski definition) is 3. The highest BCUT2D eigenvalue weighted by atomic mass is 79.9. The van der Waals surface area contributed by atoms with E-state index in [4.69, 9.17) is 0 Å². The molecule has 142 valence electrons. The van der Waals surface area contributed by atoms with E-state index < -0.39 is 17.6 Å². The molecule has 0 saturated heterocycles. The van der Waals surface area contributed by atoms with Crippen LogP contribution in [0, 0.1) is 5.92 Å². The summed E-state index contributed by atoms with van der Waals surface area (Å²) in [6, 6.07) is 9.31. The average Bonchev–Trinajstić information content (AvgIpc) is 3.46. The molecule has 1 fully saturated rings. The third-order valence-corrected chi connectivity index (χ3v) is 4.46. The van der Waals surface area contributed by atoms with Crippen LogP contribution in [0.15, 0.2) is 46.9 Å². The fourth-order valence-corrected chi connectivity index (χ4v) is 2.71. The van der Waals surface area contributed by atoms with Gasteiger partial charge in [0.15, 0.2) is 0 Å². The van der Waals surface area contributed by atoms with E-state index in [2.05, 4.69) is 32.1 Å². The number of halogens is 4. The monoisotopic (exact) mass is 441 g/mol. The Morgan fingerprint density at radius 3 is 2.26 bits per heavy atom. The van der Waals surface area contributed by atoms with Crippen LogP contribution >= 0.6 is 15.9 Å². The topological polar surface area (TPSA) is 70.2 Å². The molecule has 2 amide bonds. The van der Waals surface area contributed by atoms with Crippen molar-refractivity contribution in [2.75, 3.05) is 5.32 Å². The summed E-state index contributed by atoms with van der Waals surface area (Å²) in [4.78, 5) is 24.1. The fourth-order valence-electron chi connectivity index (χ4n) is 2.34. The van der Waals surface area contributed by atoms with Gasteiger partial charge in [-0.3, -0.25) is 20.4 Å². The molecule has 2 aromatic rings. The molecule has 5 nitrogen and oxygen atoms in total. The van der Waals surface area contributed by atoms with Crippen LogP contribution in [0.3, 0.4) is 0 Å². The van der Waals surface area contributed by atoms with Crippen LogP contribution in [0.1, 0.15) is 28.8 Å². The molecular formula is C18H15BrF3N3O2. The number of hydrazine groups is 1. The highest BCUT2D eigenvalue weighted by Gasteiger charge is 2.30. The lowest BCUT2D eigenvalue weighted by atomic mass is 10.1. The van der Waals surface area contributed by atoms with Gasteiger partial charge in [0.1, 0.15) is 0 Å². The molecule has 0 spiro atoms. The van der Waals surface area contributed by atoms with Crippen molar-refractivity contribution in [3.8, 4) is 0 Å². The molecule has 0 bridgehead atoms. The van der Waals surface area contributed by atoms with Crippen LogP contribution in [0.2, 0.25) is 0 Å². The zero-order chi connectivity index (χ0) is 19.6. The number of amides is 2. The summed E-state index contributed by atoms with van der Waals surface area (Å²) in [5, 5.41) is 2.92. The summed E-state index contributed by atoms with van der Waals surface area (Å²) in [6.07, 6.45) is -2.81.